The van der Waals surface area contributed by atoms with Gasteiger partial charge in [-0.3, -0.25) is 9.59 Å². The van der Waals surface area contributed by atoms with Crippen LogP contribution >= 0.6 is 0 Å². The van der Waals surface area contributed by atoms with Crippen molar-refractivity contribution in [1.29, 1.82) is 0 Å². The van der Waals surface area contributed by atoms with Gasteiger partial charge >= 0.3 is 0 Å². The van der Waals surface area contributed by atoms with Gasteiger partial charge in [0, 0.05) is 6.54 Å². The van der Waals surface area contributed by atoms with Crippen molar-refractivity contribution in [2.75, 3.05) is 6.54 Å². The molecular formula is C13H15FN2O3. The third-order valence-electron chi connectivity index (χ3n) is 3.16. The van der Waals surface area contributed by atoms with E-state index in [0.717, 1.165) is 5.56 Å². The molecule has 6 heteroatoms. The van der Waals surface area contributed by atoms with Crippen LogP contribution in [0.2, 0.25) is 0 Å². The highest BCUT2D eigenvalue weighted by Crippen LogP contribution is 2.16. The van der Waals surface area contributed by atoms with E-state index in [0.29, 0.717) is 0 Å². The monoisotopic (exact) mass is 266 g/mol. The Kier molecular flexibility index (Phi) is 3.80. The fourth-order valence-electron chi connectivity index (χ4n) is 2.04. The van der Waals surface area contributed by atoms with Crippen molar-refractivity contribution >= 4 is 11.8 Å². The zero-order chi connectivity index (χ0) is 14.0. The normalized spacial score (nSPS) is 23.8. The number of aliphatic hydroxyl groups excluding tert-OH is 1. The fourth-order valence-corrected chi connectivity index (χ4v) is 2.04. The molecule has 2 amide bonds. The standard InChI is InChI=1S/C13H15FN2O3/c1-7(8-2-4-9(14)5-3-8)16-13(19)11-10(17)6-15-12(11)18/h2-5,7,10-11,17H,6H2,1H3,(H,15,18)(H,16,19). The summed E-state index contributed by atoms with van der Waals surface area (Å²) >= 11 is 0. The maximum atomic E-state index is 12.8. The second-order valence-corrected chi connectivity index (χ2v) is 4.57. The van der Waals surface area contributed by atoms with Gasteiger partial charge in [-0.1, -0.05) is 12.1 Å². The summed E-state index contributed by atoms with van der Waals surface area (Å²) in [6.07, 6.45) is -1.01. The van der Waals surface area contributed by atoms with Gasteiger partial charge in [0.15, 0.2) is 0 Å². The number of β-amino-alcohol motifs (C(OH)–C–C–N with tert-alkyl or cyclic N) is 1. The molecule has 1 aliphatic heterocycles. The average Bonchev–Trinajstić information content (AvgIpc) is 2.69. The number of carbonyl (C=O) groups is 2. The summed E-state index contributed by atoms with van der Waals surface area (Å²) in [5.41, 5.74) is 0.725. The van der Waals surface area contributed by atoms with E-state index in [9.17, 15) is 19.1 Å². The van der Waals surface area contributed by atoms with Gasteiger partial charge in [0.1, 0.15) is 11.7 Å². The molecule has 3 atom stereocenters. The highest BCUT2D eigenvalue weighted by atomic mass is 19.1. The maximum absolute atomic E-state index is 12.8. The van der Waals surface area contributed by atoms with Crippen molar-refractivity contribution in [3.05, 3.63) is 35.6 Å². The summed E-state index contributed by atoms with van der Waals surface area (Å²) in [6.45, 7) is 1.81. The summed E-state index contributed by atoms with van der Waals surface area (Å²) in [5.74, 6) is -2.44. The number of aliphatic hydroxyl groups is 1. The van der Waals surface area contributed by atoms with Crippen LogP contribution in [0.25, 0.3) is 0 Å². The first-order chi connectivity index (χ1) is 8.99. The molecular weight excluding hydrogens is 251 g/mol. The van der Waals surface area contributed by atoms with E-state index in [-0.39, 0.29) is 18.4 Å². The van der Waals surface area contributed by atoms with Crippen LogP contribution in [0.5, 0.6) is 0 Å². The van der Waals surface area contributed by atoms with Crippen LogP contribution in [-0.2, 0) is 9.59 Å². The lowest BCUT2D eigenvalue weighted by Crippen LogP contribution is -2.40. The Balaban J connectivity index is 2.02. The molecule has 0 spiro atoms. The van der Waals surface area contributed by atoms with Crippen molar-refractivity contribution in [2.24, 2.45) is 5.92 Å². The summed E-state index contributed by atoms with van der Waals surface area (Å²) in [6, 6.07) is 5.36. The van der Waals surface area contributed by atoms with E-state index in [4.69, 9.17) is 0 Å². The van der Waals surface area contributed by atoms with E-state index in [1.54, 1.807) is 19.1 Å². The molecule has 1 heterocycles. The number of hydrogen-bond acceptors (Lipinski definition) is 3. The number of amides is 2. The molecule has 102 valence electrons. The van der Waals surface area contributed by atoms with Gasteiger partial charge in [0.2, 0.25) is 11.8 Å². The average molecular weight is 266 g/mol. The fraction of sp³-hybridized carbons (Fsp3) is 0.385. The van der Waals surface area contributed by atoms with E-state index >= 15 is 0 Å². The first-order valence-corrected chi connectivity index (χ1v) is 6.00. The van der Waals surface area contributed by atoms with Crippen molar-refractivity contribution in [3.63, 3.8) is 0 Å². The van der Waals surface area contributed by atoms with Crippen molar-refractivity contribution in [2.45, 2.75) is 19.1 Å². The molecule has 3 unspecified atom stereocenters. The molecule has 1 aliphatic rings. The predicted octanol–water partition coefficient (Wildman–Crippen LogP) is 0.110. The smallest absolute Gasteiger partial charge is 0.235 e. The zero-order valence-corrected chi connectivity index (χ0v) is 10.4. The van der Waals surface area contributed by atoms with E-state index < -0.39 is 23.8 Å². The lowest BCUT2D eigenvalue weighted by molar-refractivity contribution is -0.136. The van der Waals surface area contributed by atoms with Gasteiger partial charge < -0.3 is 15.7 Å². The summed E-state index contributed by atoms with van der Waals surface area (Å²) in [7, 11) is 0. The van der Waals surface area contributed by atoms with E-state index in [2.05, 4.69) is 10.6 Å². The number of halogens is 1. The summed E-state index contributed by atoms with van der Waals surface area (Å²) in [5, 5.41) is 14.6. The molecule has 1 aromatic carbocycles. The number of nitrogens with one attached hydrogen (secondary N) is 2. The van der Waals surface area contributed by atoms with Crippen LogP contribution in [0.15, 0.2) is 24.3 Å². The predicted molar refractivity (Wildman–Crippen MR) is 65.5 cm³/mol. The van der Waals surface area contributed by atoms with Crippen molar-refractivity contribution in [1.82, 2.24) is 10.6 Å². The lowest BCUT2D eigenvalue weighted by atomic mass is 10.0. The Hall–Kier alpha value is -1.95. The molecule has 2 rings (SSSR count). The molecule has 0 aromatic heterocycles. The molecule has 5 nitrogen and oxygen atoms in total. The SMILES string of the molecule is CC(NC(=O)C1C(=O)NCC1O)c1ccc(F)cc1. The van der Waals surface area contributed by atoms with Crippen LogP contribution in [-0.4, -0.2) is 29.6 Å². The number of carbonyl (C=O) groups excluding carboxylic acids is 2. The molecule has 1 aromatic rings. The van der Waals surface area contributed by atoms with Crippen LogP contribution in [0, 0.1) is 11.7 Å². The van der Waals surface area contributed by atoms with Gasteiger partial charge in [-0.25, -0.2) is 4.39 Å². The molecule has 19 heavy (non-hydrogen) atoms. The number of benzene rings is 1. The van der Waals surface area contributed by atoms with Gasteiger partial charge in [0.05, 0.1) is 12.1 Å². The second-order valence-electron chi connectivity index (χ2n) is 4.57. The first kappa shape index (κ1) is 13.5. The van der Waals surface area contributed by atoms with Crippen LogP contribution in [0.3, 0.4) is 0 Å². The molecule has 0 aliphatic carbocycles. The third kappa shape index (κ3) is 2.90. The minimum atomic E-state index is -1.08. The molecule has 1 fully saturated rings. The quantitative estimate of drug-likeness (QED) is 0.679. The minimum Gasteiger partial charge on any atom is -0.390 e. The Labute approximate surface area is 109 Å². The molecule has 0 bridgehead atoms. The van der Waals surface area contributed by atoms with Crippen LogP contribution < -0.4 is 10.6 Å². The Bertz CT molecular complexity index is 489. The van der Waals surface area contributed by atoms with Crippen LogP contribution in [0.4, 0.5) is 4.39 Å². The highest BCUT2D eigenvalue weighted by Gasteiger charge is 2.39. The maximum Gasteiger partial charge on any atom is 0.235 e. The van der Waals surface area contributed by atoms with Gasteiger partial charge in [0.25, 0.3) is 0 Å². The second kappa shape index (κ2) is 5.36. The highest BCUT2D eigenvalue weighted by molar-refractivity contribution is 6.02. The Morgan fingerprint density at radius 3 is 2.63 bits per heavy atom. The number of rotatable bonds is 3. The topological polar surface area (TPSA) is 78.4 Å². The molecule has 3 N–H and O–H groups in total. The van der Waals surface area contributed by atoms with E-state index in [1.807, 2.05) is 0 Å². The first-order valence-electron chi connectivity index (χ1n) is 6.00. The van der Waals surface area contributed by atoms with Crippen molar-refractivity contribution in [3.8, 4) is 0 Å². The Morgan fingerprint density at radius 1 is 1.47 bits per heavy atom. The summed E-state index contributed by atoms with van der Waals surface area (Å²) in [4.78, 5) is 23.3. The summed E-state index contributed by atoms with van der Waals surface area (Å²) < 4.78 is 12.8. The molecule has 0 radical (unpaired) electrons. The largest absolute Gasteiger partial charge is 0.390 e. The van der Waals surface area contributed by atoms with Gasteiger partial charge in [-0.15, -0.1) is 0 Å². The Morgan fingerprint density at radius 2 is 2.11 bits per heavy atom. The third-order valence-corrected chi connectivity index (χ3v) is 3.16. The molecule has 0 saturated carbocycles. The lowest BCUT2D eigenvalue weighted by Gasteiger charge is -2.17. The zero-order valence-electron chi connectivity index (χ0n) is 10.4. The van der Waals surface area contributed by atoms with Crippen molar-refractivity contribution < 1.29 is 19.1 Å². The van der Waals surface area contributed by atoms with Crippen LogP contribution in [0.1, 0.15) is 18.5 Å². The van der Waals surface area contributed by atoms with Gasteiger partial charge in [-0.05, 0) is 24.6 Å². The molecule has 1 saturated heterocycles. The van der Waals surface area contributed by atoms with Gasteiger partial charge in [-0.2, -0.15) is 0 Å². The van der Waals surface area contributed by atoms with E-state index in [1.165, 1.54) is 12.1 Å². The number of hydrogen-bond donors (Lipinski definition) is 3. The minimum absolute atomic E-state index is 0.0852.